The highest BCUT2D eigenvalue weighted by Gasteiger charge is 2.20. The van der Waals surface area contributed by atoms with Gasteiger partial charge in [-0.05, 0) is 70.3 Å². The number of rotatable bonds is 7. The van der Waals surface area contributed by atoms with Crippen molar-refractivity contribution in [3.8, 4) is 17.2 Å². The quantitative estimate of drug-likeness (QED) is 0.358. The number of carbonyl (C=O) groups is 1. The first-order valence-corrected chi connectivity index (χ1v) is 9.92. The number of para-hydroxylation sites is 1. The van der Waals surface area contributed by atoms with Crippen LogP contribution in [0.1, 0.15) is 5.56 Å². The molecule has 27 heavy (non-hydrogen) atoms. The van der Waals surface area contributed by atoms with Gasteiger partial charge < -0.3 is 19.9 Å². The zero-order chi connectivity index (χ0) is 19.2. The molecule has 6 nitrogen and oxygen atoms in total. The van der Waals surface area contributed by atoms with Crippen LogP contribution in [-0.4, -0.2) is 31.4 Å². The van der Waals surface area contributed by atoms with Crippen molar-refractivity contribution in [1.29, 1.82) is 0 Å². The van der Waals surface area contributed by atoms with E-state index in [2.05, 4.69) is 27.6 Å². The molecule has 1 amide bonds. The maximum Gasteiger partial charge on any atom is 0.286 e. The van der Waals surface area contributed by atoms with Crippen LogP contribution in [0.3, 0.4) is 0 Å². The molecule has 0 spiro atoms. The Labute approximate surface area is 174 Å². The minimum Gasteiger partial charge on any atom is -0.493 e. The molecule has 0 saturated heterocycles. The molecule has 0 fully saturated rings. The molecule has 140 valence electrons. The first-order valence-electron chi connectivity index (χ1n) is 8.03. The molecule has 2 N–H and O–H groups in total. The summed E-state index contributed by atoms with van der Waals surface area (Å²) < 4.78 is 17.8. The molecule has 8 heteroatoms. The van der Waals surface area contributed by atoms with Gasteiger partial charge in [-0.3, -0.25) is 4.79 Å². The second kappa shape index (κ2) is 9.14. The number of methoxy groups -OCH3 is 1. The van der Waals surface area contributed by atoms with Crippen LogP contribution in [0.15, 0.2) is 52.4 Å². The monoisotopic (exact) mass is 496 g/mol. The van der Waals surface area contributed by atoms with Crippen LogP contribution in [0.25, 0.3) is 6.08 Å². The molecule has 0 aromatic heterocycles. The van der Waals surface area contributed by atoms with Gasteiger partial charge in [0, 0.05) is 0 Å². The van der Waals surface area contributed by atoms with E-state index in [1.165, 1.54) is 0 Å². The normalized spacial score (nSPS) is 15.0. The van der Waals surface area contributed by atoms with E-state index in [1.807, 2.05) is 42.5 Å². The van der Waals surface area contributed by atoms with Crippen molar-refractivity contribution in [2.45, 2.75) is 0 Å². The summed E-state index contributed by atoms with van der Waals surface area (Å²) in [5, 5.41) is 0.256. The third kappa shape index (κ3) is 5.16. The number of halogens is 1. The minimum absolute atomic E-state index is 0.256. The lowest BCUT2D eigenvalue weighted by molar-refractivity contribution is -0.113. The average Bonchev–Trinajstić information content (AvgIpc) is 2.97. The lowest BCUT2D eigenvalue weighted by atomic mass is 10.2. The van der Waals surface area contributed by atoms with Gasteiger partial charge in [-0.1, -0.05) is 18.2 Å². The molecule has 1 heterocycles. The summed E-state index contributed by atoms with van der Waals surface area (Å²) in [6.07, 6.45) is 1.74. The van der Waals surface area contributed by atoms with Crippen LogP contribution < -0.4 is 19.9 Å². The molecular weight excluding hydrogens is 479 g/mol. The summed E-state index contributed by atoms with van der Waals surface area (Å²) in [4.78, 5) is 15.9. The Hall–Kier alpha value is -2.20. The Morgan fingerprint density at radius 2 is 1.93 bits per heavy atom. The Bertz CT molecular complexity index is 900. The molecule has 3 rings (SSSR count). The fourth-order valence-electron chi connectivity index (χ4n) is 2.36. The molecule has 0 atom stereocenters. The molecule has 0 aliphatic carbocycles. The number of ether oxygens (including phenoxy) is 3. The number of nitrogens with two attached hydrogens (primary N) is 1. The van der Waals surface area contributed by atoms with Gasteiger partial charge in [-0.2, -0.15) is 4.99 Å². The van der Waals surface area contributed by atoms with Gasteiger partial charge in [0.1, 0.15) is 19.0 Å². The second-order valence-corrected chi connectivity index (χ2v) is 7.63. The number of hydrogen-bond acceptors (Lipinski definition) is 6. The molecule has 0 saturated carbocycles. The third-order valence-electron chi connectivity index (χ3n) is 3.53. The SMILES string of the molecule is COc1cc(/C=C2/SC(N)=NC2=O)cc(I)c1OCCOc1ccccc1. The Kier molecular flexibility index (Phi) is 6.62. The topological polar surface area (TPSA) is 83.1 Å². The van der Waals surface area contributed by atoms with Gasteiger partial charge in [0.15, 0.2) is 16.7 Å². The Morgan fingerprint density at radius 3 is 2.59 bits per heavy atom. The smallest absolute Gasteiger partial charge is 0.286 e. The van der Waals surface area contributed by atoms with Gasteiger partial charge in [0.2, 0.25) is 0 Å². The highest BCUT2D eigenvalue weighted by molar-refractivity contribution is 14.1. The molecule has 0 radical (unpaired) electrons. The number of amidine groups is 1. The lowest BCUT2D eigenvalue weighted by Gasteiger charge is -2.14. The van der Waals surface area contributed by atoms with E-state index in [9.17, 15) is 4.79 Å². The van der Waals surface area contributed by atoms with Crippen molar-refractivity contribution in [2.24, 2.45) is 10.7 Å². The van der Waals surface area contributed by atoms with Gasteiger partial charge in [-0.15, -0.1) is 0 Å². The lowest BCUT2D eigenvalue weighted by Crippen LogP contribution is -2.10. The molecule has 1 aliphatic rings. The maximum atomic E-state index is 11.8. The fraction of sp³-hybridized carbons (Fsp3) is 0.158. The van der Waals surface area contributed by atoms with E-state index >= 15 is 0 Å². The van der Waals surface area contributed by atoms with Crippen molar-refractivity contribution in [3.05, 3.63) is 56.5 Å². The van der Waals surface area contributed by atoms with Crippen LogP contribution >= 0.6 is 34.4 Å². The number of nitrogens with zero attached hydrogens (tertiary/aromatic N) is 1. The first-order chi connectivity index (χ1) is 13.1. The number of carbonyl (C=O) groups excluding carboxylic acids is 1. The zero-order valence-corrected chi connectivity index (χ0v) is 17.5. The number of amides is 1. The molecule has 0 unspecified atom stereocenters. The summed E-state index contributed by atoms with van der Waals surface area (Å²) >= 11 is 3.33. The molecule has 2 aromatic carbocycles. The van der Waals surface area contributed by atoms with Crippen molar-refractivity contribution in [1.82, 2.24) is 0 Å². The molecule has 2 aromatic rings. The molecular formula is C19H17IN2O4S. The number of benzene rings is 2. The highest BCUT2D eigenvalue weighted by atomic mass is 127. The predicted molar refractivity (Wildman–Crippen MR) is 115 cm³/mol. The fourth-order valence-corrected chi connectivity index (χ4v) is 3.82. The molecule has 0 bridgehead atoms. The van der Waals surface area contributed by atoms with Gasteiger partial charge in [-0.25, -0.2) is 0 Å². The minimum atomic E-state index is -0.329. The second-order valence-electron chi connectivity index (χ2n) is 5.41. The molecule has 1 aliphatic heterocycles. The summed E-state index contributed by atoms with van der Waals surface area (Å²) in [6.45, 7) is 0.789. The Morgan fingerprint density at radius 1 is 1.19 bits per heavy atom. The summed E-state index contributed by atoms with van der Waals surface area (Å²) in [5.41, 5.74) is 6.39. The number of hydrogen-bond donors (Lipinski definition) is 1. The highest BCUT2D eigenvalue weighted by Crippen LogP contribution is 2.36. The van der Waals surface area contributed by atoms with E-state index in [0.717, 1.165) is 26.6 Å². The predicted octanol–water partition coefficient (Wildman–Crippen LogP) is 3.69. The summed E-state index contributed by atoms with van der Waals surface area (Å²) in [5.74, 6) is 1.69. The average molecular weight is 496 g/mol. The van der Waals surface area contributed by atoms with Crippen molar-refractivity contribution < 1.29 is 19.0 Å². The van der Waals surface area contributed by atoms with Gasteiger partial charge in [0.25, 0.3) is 5.91 Å². The van der Waals surface area contributed by atoms with Crippen molar-refractivity contribution in [3.63, 3.8) is 0 Å². The van der Waals surface area contributed by atoms with Crippen LogP contribution in [0, 0.1) is 3.57 Å². The van der Waals surface area contributed by atoms with Crippen LogP contribution in [-0.2, 0) is 4.79 Å². The third-order valence-corrected chi connectivity index (χ3v) is 5.14. The van der Waals surface area contributed by atoms with E-state index in [0.29, 0.717) is 29.6 Å². The number of thioether (sulfide) groups is 1. The zero-order valence-electron chi connectivity index (χ0n) is 14.5. The van der Waals surface area contributed by atoms with Gasteiger partial charge >= 0.3 is 0 Å². The van der Waals surface area contributed by atoms with Crippen LogP contribution in [0.2, 0.25) is 0 Å². The largest absolute Gasteiger partial charge is 0.493 e. The number of aliphatic imine (C=N–C) groups is 1. The first kappa shape index (κ1) is 19.6. The van der Waals surface area contributed by atoms with E-state index in [-0.39, 0.29) is 11.1 Å². The Balaban J connectivity index is 1.67. The van der Waals surface area contributed by atoms with Gasteiger partial charge in [0.05, 0.1) is 15.6 Å². The van der Waals surface area contributed by atoms with Crippen LogP contribution in [0.4, 0.5) is 0 Å². The van der Waals surface area contributed by atoms with E-state index in [4.69, 9.17) is 19.9 Å². The van der Waals surface area contributed by atoms with E-state index < -0.39 is 0 Å². The standard InChI is InChI=1S/C19H17IN2O4S/c1-24-15-10-12(11-16-18(23)22-19(21)27-16)9-14(20)17(15)26-8-7-25-13-5-3-2-4-6-13/h2-6,9-11H,7-8H2,1H3,(H2,21,22,23)/b16-11+. The van der Waals surface area contributed by atoms with Crippen LogP contribution in [0.5, 0.6) is 17.2 Å². The van der Waals surface area contributed by atoms with Crippen molar-refractivity contribution in [2.75, 3.05) is 20.3 Å². The summed E-state index contributed by atoms with van der Waals surface area (Å²) in [6, 6.07) is 13.3. The summed E-state index contributed by atoms with van der Waals surface area (Å²) in [7, 11) is 1.58. The van der Waals surface area contributed by atoms with E-state index in [1.54, 1.807) is 13.2 Å². The maximum absolute atomic E-state index is 11.8. The van der Waals surface area contributed by atoms with Crippen molar-refractivity contribution >= 4 is 51.5 Å².